The highest BCUT2D eigenvalue weighted by atomic mass is 16.4. The second-order valence-electron chi connectivity index (χ2n) is 6.41. The molecular weight excluding hydrogens is 304 g/mol. The van der Waals surface area contributed by atoms with Crippen molar-refractivity contribution in [1.29, 1.82) is 0 Å². The van der Waals surface area contributed by atoms with Gasteiger partial charge in [0.2, 0.25) is 0 Å². The highest BCUT2D eigenvalue weighted by Crippen LogP contribution is 2.27. The molecule has 0 unspecified atom stereocenters. The van der Waals surface area contributed by atoms with Gasteiger partial charge in [-0.1, -0.05) is 37.8 Å². The Morgan fingerprint density at radius 2 is 1.92 bits per heavy atom. The van der Waals surface area contributed by atoms with E-state index in [9.17, 15) is 9.90 Å². The highest BCUT2D eigenvalue weighted by Gasteiger charge is 2.21. The van der Waals surface area contributed by atoms with Crippen molar-refractivity contribution in [3.05, 3.63) is 36.0 Å². The molecule has 0 spiro atoms. The Hall–Kier alpha value is -2.63. The first-order valence-electron chi connectivity index (χ1n) is 8.50. The van der Waals surface area contributed by atoms with Gasteiger partial charge in [0.1, 0.15) is 11.1 Å². The molecule has 1 saturated carbocycles. The van der Waals surface area contributed by atoms with Gasteiger partial charge in [-0.05, 0) is 25.0 Å². The van der Waals surface area contributed by atoms with Gasteiger partial charge in [0.05, 0.1) is 17.2 Å². The van der Waals surface area contributed by atoms with Crippen molar-refractivity contribution in [3.63, 3.8) is 0 Å². The zero-order chi connectivity index (χ0) is 16.5. The molecule has 1 fully saturated rings. The average Bonchev–Trinajstić information content (AvgIpc) is 2.88. The van der Waals surface area contributed by atoms with Gasteiger partial charge in [-0.3, -0.25) is 0 Å². The molecule has 2 aromatic heterocycles. The third-order valence-corrected chi connectivity index (χ3v) is 4.76. The second kappa shape index (κ2) is 6.11. The van der Waals surface area contributed by atoms with E-state index in [2.05, 4.69) is 10.4 Å². The zero-order valence-corrected chi connectivity index (χ0v) is 13.4. The number of carboxylic acid groups (broad SMARTS) is 1. The van der Waals surface area contributed by atoms with Gasteiger partial charge in [0.25, 0.3) is 0 Å². The number of fused-ring (bicyclic) bond motifs is 3. The van der Waals surface area contributed by atoms with Crippen LogP contribution in [-0.2, 0) is 0 Å². The zero-order valence-electron chi connectivity index (χ0n) is 13.4. The molecule has 0 amide bonds. The number of nitrogens with zero attached hydrogens (tertiary/aromatic N) is 3. The van der Waals surface area contributed by atoms with Gasteiger partial charge in [-0.15, -0.1) is 0 Å². The predicted molar refractivity (Wildman–Crippen MR) is 92.6 cm³/mol. The Bertz CT molecular complexity index is 895. The van der Waals surface area contributed by atoms with Crippen molar-refractivity contribution < 1.29 is 9.90 Å². The molecule has 0 aliphatic heterocycles. The number of aromatic carboxylic acids is 1. The number of para-hydroxylation sites is 2. The quantitative estimate of drug-likeness (QED) is 0.718. The lowest BCUT2D eigenvalue weighted by atomic mass is 10.1. The molecule has 1 aromatic carbocycles. The van der Waals surface area contributed by atoms with E-state index >= 15 is 0 Å². The summed E-state index contributed by atoms with van der Waals surface area (Å²) in [4.78, 5) is 16.3. The molecule has 3 aromatic rings. The third kappa shape index (κ3) is 2.58. The monoisotopic (exact) mass is 324 g/mol. The van der Waals surface area contributed by atoms with Crippen LogP contribution < -0.4 is 5.32 Å². The van der Waals surface area contributed by atoms with Crippen LogP contribution in [0, 0.1) is 0 Å². The molecule has 0 atom stereocenters. The molecule has 0 saturated heterocycles. The minimum Gasteiger partial charge on any atom is -0.478 e. The van der Waals surface area contributed by atoms with E-state index < -0.39 is 5.97 Å². The van der Waals surface area contributed by atoms with Crippen molar-refractivity contribution in [2.45, 2.75) is 44.6 Å². The van der Waals surface area contributed by atoms with Crippen molar-refractivity contribution in [2.24, 2.45) is 0 Å². The fourth-order valence-electron chi connectivity index (χ4n) is 3.54. The summed E-state index contributed by atoms with van der Waals surface area (Å²) < 4.78 is 1.69. The average molecular weight is 324 g/mol. The van der Waals surface area contributed by atoms with Gasteiger partial charge in [-0.2, -0.15) is 5.10 Å². The van der Waals surface area contributed by atoms with Crippen molar-refractivity contribution >= 4 is 28.3 Å². The van der Waals surface area contributed by atoms with E-state index in [0.717, 1.165) is 23.9 Å². The standard InChI is InChI=1S/C18H20N4O2/c23-18(24)13-11-19-22-15-10-6-5-9-14(15)21-17(16(13)22)20-12-7-3-1-2-4-8-12/h5-6,9-12H,1-4,7-8H2,(H,20,21)(H,23,24). The van der Waals surface area contributed by atoms with Gasteiger partial charge in [0.15, 0.2) is 5.82 Å². The maximum Gasteiger partial charge on any atom is 0.339 e. The van der Waals surface area contributed by atoms with Gasteiger partial charge in [-0.25, -0.2) is 14.3 Å². The number of hydrogen-bond donors (Lipinski definition) is 2. The first-order chi connectivity index (χ1) is 11.7. The number of anilines is 1. The Morgan fingerprint density at radius 3 is 2.67 bits per heavy atom. The number of hydrogen-bond acceptors (Lipinski definition) is 4. The van der Waals surface area contributed by atoms with Crippen LogP contribution in [0.25, 0.3) is 16.6 Å². The lowest BCUT2D eigenvalue weighted by Crippen LogP contribution is -2.20. The summed E-state index contributed by atoms with van der Waals surface area (Å²) in [6, 6.07) is 8.00. The number of carbonyl (C=O) groups is 1. The molecule has 124 valence electrons. The lowest BCUT2D eigenvalue weighted by molar-refractivity contribution is 0.0699. The maximum absolute atomic E-state index is 11.6. The lowest BCUT2D eigenvalue weighted by Gasteiger charge is -2.18. The van der Waals surface area contributed by atoms with E-state index in [1.165, 1.54) is 31.9 Å². The molecule has 0 bridgehead atoms. The van der Waals surface area contributed by atoms with Crippen molar-refractivity contribution in [2.75, 3.05) is 5.32 Å². The van der Waals surface area contributed by atoms with E-state index in [-0.39, 0.29) is 5.56 Å². The maximum atomic E-state index is 11.6. The Balaban J connectivity index is 1.87. The minimum atomic E-state index is -0.981. The van der Waals surface area contributed by atoms with E-state index in [4.69, 9.17) is 4.98 Å². The van der Waals surface area contributed by atoms with Crippen LogP contribution in [0.2, 0.25) is 0 Å². The number of nitrogens with one attached hydrogen (secondary N) is 1. The second-order valence-corrected chi connectivity index (χ2v) is 6.41. The molecule has 4 rings (SSSR count). The van der Waals surface area contributed by atoms with Crippen molar-refractivity contribution in [3.8, 4) is 0 Å². The van der Waals surface area contributed by atoms with E-state index in [1.54, 1.807) is 4.52 Å². The highest BCUT2D eigenvalue weighted by molar-refractivity contribution is 6.00. The first-order valence-corrected chi connectivity index (χ1v) is 8.50. The summed E-state index contributed by atoms with van der Waals surface area (Å²) >= 11 is 0. The largest absolute Gasteiger partial charge is 0.478 e. The number of aromatic nitrogens is 3. The minimum absolute atomic E-state index is 0.185. The van der Waals surface area contributed by atoms with Crippen molar-refractivity contribution in [1.82, 2.24) is 14.6 Å². The number of benzene rings is 1. The molecule has 0 radical (unpaired) electrons. The summed E-state index contributed by atoms with van der Waals surface area (Å²) in [5.41, 5.74) is 2.35. The Labute approximate surface area is 139 Å². The Kier molecular flexibility index (Phi) is 3.80. The molecule has 24 heavy (non-hydrogen) atoms. The van der Waals surface area contributed by atoms with Crippen LogP contribution in [0.5, 0.6) is 0 Å². The van der Waals surface area contributed by atoms with Crippen LogP contribution in [-0.4, -0.2) is 31.7 Å². The predicted octanol–water partition coefficient (Wildman–Crippen LogP) is 3.72. The summed E-state index contributed by atoms with van der Waals surface area (Å²) in [7, 11) is 0. The molecule has 2 heterocycles. The molecule has 2 N–H and O–H groups in total. The first kappa shape index (κ1) is 14.9. The van der Waals surface area contributed by atoms with Crippen LogP contribution in [0.1, 0.15) is 48.9 Å². The summed E-state index contributed by atoms with van der Waals surface area (Å²) in [6.07, 6.45) is 8.54. The number of carboxylic acids is 1. The molecule has 6 heteroatoms. The third-order valence-electron chi connectivity index (χ3n) is 4.76. The molecular formula is C18H20N4O2. The normalized spacial score (nSPS) is 16.3. The smallest absolute Gasteiger partial charge is 0.339 e. The van der Waals surface area contributed by atoms with Crippen LogP contribution in [0.3, 0.4) is 0 Å². The molecule has 1 aliphatic carbocycles. The van der Waals surface area contributed by atoms with Crippen LogP contribution >= 0.6 is 0 Å². The number of rotatable bonds is 3. The molecule has 6 nitrogen and oxygen atoms in total. The fraction of sp³-hybridized carbons (Fsp3) is 0.389. The van der Waals surface area contributed by atoms with Gasteiger partial charge >= 0.3 is 5.97 Å². The summed E-state index contributed by atoms with van der Waals surface area (Å²) in [5.74, 6) is -0.360. The molecule has 1 aliphatic rings. The Morgan fingerprint density at radius 1 is 1.17 bits per heavy atom. The fourth-order valence-corrected chi connectivity index (χ4v) is 3.54. The van der Waals surface area contributed by atoms with E-state index in [1.807, 2.05) is 24.3 Å². The van der Waals surface area contributed by atoms with Crippen LogP contribution in [0.4, 0.5) is 5.82 Å². The van der Waals surface area contributed by atoms with Crippen LogP contribution in [0.15, 0.2) is 30.5 Å². The topological polar surface area (TPSA) is 79.5 Å². The SMILES string of the molecule is O=C(O)c1cnn2c1c(NC1CCCCCC1)nc1ccccc12. The summed E-state index contributed by atoms with van der Waals surface area (Å²) in [5, 5.41) is 17.3. The van der Waals surface area contributed by atoms with Gasteiger partial charge in [0, 0.05) is 6.04 Å². The van der Waals surface area contributed by atoms with E-state index in [0.29, 0.717) is 17.4 Å². The van der Waals surface area contributed by atoms with Gasteiger partial charge < -0.3 is 10.4 Å². The summed E-state index contributed by atoms with van der Waals surface area (Å²) in [6.45, 7) is 0.